The van der Waals surface area contributed by atoms with Gasteiger partial charge in [-0.3, -0.25) is 19.3 Å². The van der Waals surface area contributed by atoms with Gasteiger partial charge in [-0.05, 0) is 47.2 Å². The van der Waals surface area contributed by atoms with Gasteiger partial charge in [0, 0.05) is 25.1 Å². The van der Waals surface area contributed by atoms with Gasteiger partial charge < -0.3 is 10.1 Å². The number of imide groups is 1. The highest BCUT2D eigenvalue weighted by Crippen LogP contribution is 2.31. The van der Waals surface area contributed by atoms with Gasteiger partial charge in [0.05, 0.1) is 11.5 Å². The normalized spacial score (nSPS) is 17.0. The number of rotatable bonds is 5. The molecule has 2 aliphatic rings. The number of nitrogens with one attached hydrogen (secondary N) is 1. The number of fused-ring (bicyclic) bond motifs is 1. The van der Waals surface area contributed by atoms with Crippen molar-refractivity contribution in [2.75, 3.05) is 19.7 Å². The molecule has 3 amide bonds. The van der Waals surface area contributed by atoms with Crippen molar-refractivity contribution in [2.45, 2.75) is 6.42 Å². The molecule has 4 rings (SSSR count). The number of nitrogens with zero attached hydrogens (tertiary/aromatic N) is 1. The van der Waals surface area contributed by atoms with E-state index in [1.807, 2.05) is 36.4 Å². The van der Waals surface area contributed by atoms with Crippen LogP contribution in [0.15, 0.2) is 53.4 Å². The SMILES string of the molecule is O=C(NCCN1C(=O)S/C(=C\c2ccccc2)C1=O)c1ccc2c(c1)CCO2. The van der Waals surface area contributed by atoms with Gasteiger partial charge in [0.15, 0.2) is 0 Å². The zero-order valence-electron chi connectivity index (χ0n) is 15.0. The van der Waals surface area contributed by atoms with Crippen LogP contribution in [0.4, 0.5) is 4.79 Å². The number of hydrogen-bond acceptors (Lipinski definition) is 5. The van der Waals surface area contributed by atoms with Gasteiger partial charge in [0.25, 0.3) is 17.1 Å². The third-order valence-electron chi connectivity index (χ3n) is 4.54. The van der Waals surface area contributed by atoms with E-state index in [0.29, 0.717) is 17.1 Å². The molecule has 2 aromatic carbocycles. The minimum Gasteiger partial charge on any atom is -0.493 e. The number of carbonyl (C=O) groups excluding carboxylic acids is 3. The molecule has 28 heavy (non-hydrogen) atoms. The Labute approximate surface area is 166 Å². The number of ether oxygens (including phenoxy) is 1. The zero-order valence-corrected chi connectivity index (χ0v) is 15.8. The second-order valence-corrected chi connectivity index (χ2v) is 7.41. The van der Waals surface area contributed by atoms with Gasteiger partial charge in [0.2, 0.25) is 0 Å². The molecule has 1 fully saturated rings. The van der Waals surface area contributed by atoms with Crippen LogP contribution in [0.5, 0.6) is 5.75 Å². The number of thioether (sulfide) groups is 1. The summed E-state index contributed by atoms with van der Waals surface area (Å²) in [6, 6.07) is 14.7. The fourth-order valence-electron chi connectivity index (χ4n) is 3.10. The number of amides is 3. The first-order valence-electron chi connectivity index (χ1n) is 8.96. The van der Waals surface area contributed by atoms with Crippen molar-refractivity contribution in [3.63, 3.8) is 0 Å². The smallest absolute Gasteiger partial charge is 0.293 e. The van der Waals surface area contributed by atoms with Gasteiger partial charge in [-0.25, -0.2) is 0 Å². The first-order chi connectivity index (χ1) is 13.6. The Bertz CT molecular complexity index is 972. The van der Waals surface area contributed by atoms with Crippen molar-refractivity contribution in [2.24, 2.45) is 0 Å². The lowest BCUT2D eigenvalue weighted by molar-refractivity contribution is -0.122. The Kier molecular flexibility index (Phi) is 5.16. The van der Waals surface area contributed by atoms with E-state index in [2.05, 4.69) is 5.32 Å². The highest BCUT2D eigenvalue weighted by molar-refractivity contribution is 8.18. The Morgan fingerprint density at radius 2 is 2.00 bits per heavy atom. The molecule has 2 aromatic rings. The lowest BCUT2D eigenvalue weighted by atomic mass is 10.1. The van der Waals surface area contributed by atoms with Crippen LogP contribution in [0.25, 0.3) is 6.08 Å². The van der Waals surface area contributed by atoms with Crippen molar-refractivity contribution >= 4 is 34.9 Å². The summed E-state index contributed by atoms with van der Waals surface area (Å²) in [4.78, 5) is 38.5. The molecule has 0 unspecified atom stereocenters. The first kappa shape index (κ1) is 18.3. The maximum Gasteiger partial charge on any atom is 0.293 e. The monoisotopic (exact) mass is 394 g/mol. The molecule has 1 saturated heterocycles. The van der Waals surface area contributed by atoms with Crippen LogP contribution in [0.1, 0.15) is 21.5 Å². The van der Waals surface area contributed by atoms with Crippen LogP contribution in [-0.2, 0) is 11.2 Å². The third-order valence-corrected chi connectivity index (χ3v) is 5.45. The first-order valence-corrected chi connectivity index (χ1v) is 9.78. The topological polar surface area (TPSA) is 75.7 Å². The molecule has 7 heteroatoms. The molecule has 0 atom stereocenters. The van der Waals surface area contributed by atoms with E-state index in [9.17, 15) is 14.4 Å². The molecule has 2 heterocycles. The minimum absolute atomic E-state index is 0.136. The molecular formula is C21H18N2O4S. The summed E-state index contributed by atoms with van der Waals surface area (Å²) in [5.41, 5.74) is 2.42. The van der Waals surface area contributed by atoms with E-state index < -0.39 is 0 Å². The van der Waals surface area contributed by atoms with Crippen LogP contribution < -0.4 is 10.1 Å². The fourth-order valence-corrected chi connectivity index (χ4v) is 3.97. The Balaban J connectivity index is 1.34. The standard InChI is InChI=1S/C21H18N2O4S/c24-19(16-6-7-17-15(13-16)8-11-27-17)22-9-10-23-20(25)18(28-21(23)26)12-14-4-2-1-3-5-14/h1-7,12-13H,8-11H2,(H,22,24)/b18-12-. The van der Waals surface area contributed by atoms with Gasteiger partial charge in [0.1, 0.15) is 5.75 Å². The Morgan fingerprint density at radius 1 is 1.18 bits per heavy atom. The molecule has 2 aliphatic heterocycles. The highest BCUT2D eigenvalue weighted by atomic mass is 32.2. The van der Waals surface area contributed by atoms with E-state index in [1.54, 1.807) is 18.2 Å². The van der Waals surface area contributed by atoms with E-state index in [-0.39, 0.29) is 30.1 Å². The van der Waals surface area contributed by atoms with Crippen molar-refractivity contribution in [3.8, 4) is 5.75 Å². The van der Waals surface area contributed by atoms with Crippen LogP contribution in [0.2, 0.25) is 0 Å². The molecule has 6 nitrogen and oxygen atoms in total. The summed E-state index contributed by atoms with van der Waals surface area (Å²) in [5.74, 6) is 0.254. The molecule has 0 aliphatic carbocycles. The van der Waals surface area contributed by atoms with E-state index in [4.69, 9.17) is 4.74 Å². The molecule has 0 saturated carbocycles. The van der Waals surface area contributed by atoms with Crippen LogP contribution in [0.3, 0.4) is 0 Å². The molecule has 0 aromatic heterocycles. The number of hydrogen-bond donors (Lipinski definition) is 1. The maximum absolute atomic E-state index is 12.5. The van der Waals surface area contributed by atoms with Crippen molar-refractivity contribution < 1.29 is 19.1 Å². The molecule has 0 spiro atoms. The number of carbonyl (C=O) groups is 3. The van der Waals surface area contributed by atoms with Crippen molar-refractivity contribution in [1.29, 1.82) is 0 Å². The minimum atomic E-state index is -0.331. The van der Waals surface area contributed by atoms with Gasteiger partial charge in [-0.1, -0.05) is 30.3 Å². The van der Waals surface area contributed by atoms with E-state index in [1.165, 1.54) is 0 Å². The third kappa shape index (κ3) is 3.80. The fraction of sp³-hybridized carbons (Fsp3) is 0.190. The molecule has 1 N–H and O–H groups in total. The van der Waals surface area contributed by atoms with E-state index >= 15 is 0 Å². The molecule has 0 radical (unpaired) electrons. The van der Waals surface area contributed by atoms with Crippen LogP contribution in [0, 0.1) is 0 Å². The van der Waals surface area contributed by atoms with Crippen molar-refractivity contribution in [3.05, 3.63) is 70.1 Å². The van der Waals surface area contributed by atoms with E-state index in [0.717, 1.165) is 40.0 Å². The lowest BCUT2D eigenvalue weighted by Crippen LogP contribution is -2.37. The quantitative estimate of drug-likeness (QED) is 0.789. The second kappa shape index (κ2) is 7.90. The average molecular weight is 394 g/mol. The summed E-state index contributed by atoms with van der Waals surface area (Å²) >= 11 is 0.917. The zero-order chi connectivity index (χ0) is 19.5. The summed E-state index contributed by atoms with van der Waals surface area (Å²) in [6.07, 6.45) is 2.50. The van der Waals surface area contributed by atoms with Crippen LogP contribution >= 0.6 is 11.8 Å². The highest BCUT2D eigenvalue weighted by Gasteiger charge is 2.34. The lowest BCUT2D eigenvalue weighted by Gasteiger charge is -2.13. The largest absolute Gasteiger partial charge is 0.493 e. The Hall–Kier alpha value is -3.06. The van der Waals surface area contributed by atoms with Crippen molar-refractivity contribution in [1.82, 2.24) is 10.2 Å². The summed E-state index contributed by atoms with van der Waals surface area (Å²) < 4.78 is 5.44. The maximum atomic E-state index is 12.5. The summed E-state index contributed by atoms with van der Waals surface area (Å²) in [7, 11) is 0. The molecule has 0 bridgehead atoms. The molecule has 142 valence electrons. The van der Waals surface area contributed by atoms with Gasteiger partial charge in [-0.2, -0.15) is 0 Å². The average Bonchev–Trinajstić information content (AvgIpc) is 3.28. The predicted molar refractivity (Wildman–Crippen MR) is 107 cm³/mol. The number of benzene rings is 2. The Morgan fingerprint density at radius 3 is 2.82 bits per heavy atom. The molecular weight excluding hydrogens is 376 g/mol. The van der Waals surface area contributed by atoms with Gasteiger partial charge >= 0.3 is 0 Å². The van der Waals surface area contributed by atoms with Crippen LogP contribution in [-0.4, -0.2) is 41.6 Å². The second-order valence-electron chi connectivity index (χ2n) is 6.42. The van der Waals surface area contributed by atoms with Gasteiger partial charge in [-0.15, -0.1) is 0 Å². The predicted octanol–water partition coefficient (Wildman–Crippen LogP) is 3.09. The summed E-state index contributed by atoms with van der Waals surface area (Å²) in [5, 5.41) is 2.45. The summed E-state index contributed by atoms with van der Waals surface area (Å²) in [6.45, 7) is 0.968.